The number of esters is 1. The van der Waals surface area contributed by atoms with Crippen molar-refractivity contribution in [2.45, 2.75) is 12.4 Å². The van der Waals surface area contributed by atoms with Crippen molar-refractivity contribution in [3.8, 4) is 5.75 Å². The summed E-state index contributed by atoms with van der Waals surface area (Å²) in [6.45, 7) is 0. The van der Waals surface area contributed by atoms with Gasteiger partial charge in [0.1, 0.15) is 11.8 Å². The normalized spacial score (nSPS) is 13.0. The van der Waals surface area contributed by atoms with Gasteiger partial charge in [-0.25, -0.2) is 0 Å². The first kappa shape index (κ1) is 14.8. The second-order valence-electron chi connectivity index (χ2n) is 3.27. The Hall–Kier alpha value is -1.28. The Bertz CT molecular complexity index is 450. The third-order valence-electron chi connectivity index (χ3n) is 1.94. The van der Waals surface area contributed by atoms with Crippen LogP contribution in [0.15, 0.2) is 22.7 Å². The van der Waals surface area contributed by atoms with Gasteiger partial charge in [-0.15, -0.1) is 13.2 Å². The zero-order chi connectivity index (χ0) is 13.9. The minimum Gasteiger partial charge on any atom is -0.468 e. The molecule has 2 N–H and O–H groups in total. The van der Waals surface area contributed by atoms with E-state index in [1.165, 1.54) is 6.07 Å². The molecular formula is C10H9BrF3NO3. The van der Waals surface area contributed by atoms with Crippen molar-refractivity contribution in [2.75, 3.05) is 7.11 Å². The van der Waals surface area contributed by atoms with Crippen molar-refractivity contribution >= 4 is 21.9 Å². The maximum atomic E-state index is 12.1. The highest BCUT2D eigenvalue weighted by atomic mass is 79.9. The van der Waals surface area contributed by atoms with E-state index >= 15 is 0 Å². The molecule has 0 heterocycles. The fraction of sp³-hybridized carbons (Fsp3) is 0.300. The predicted octanol–water partition coefficient (Wildman–Crippen LogP) is 2.52. The maximum absolute atomic E-state index is 12.1. The summed E-state index contributed by atoms with van der Waals surface area (Å²) >= 11 is 3.00. The van der Waals surface area contributed by atoms with Crippen LogP contribution in [0.4, 0.5) is 13.2 Å². The van der Waals surface area contributed by atoms with Crippen LogP contribution in [0.25, 0.3) is 0 Å². The second kappa shape index (κ2) is 5.57. The number of benzene rings is 1. The minimum atomic E-state index is -4.81. The van der Waals surface area contributed by atoms with E-state index < -0.39 is 24.1 Å². The quantitative estimate of drug-likeness (QED) is 0.866. The van der Waals surface area contributed by atoms with Crippen molar-refractivity contribution in [1.82, 2.24) is 0 Å². The van der Waals surface area contributed by atoms with Crippen LogP contribution in [0.3, 0.4) is 0 Å². The standard InChI is InChI=1S/C10H9BrF3NO3/c1-17-9(16)8(15)5-2-6(11)4-7(3-5)18-10(12,13)14/h2-4,8H,15H2,1H3/t8-/m0/s1. The van der Waals surface area contributed by atoms with E-state index in [9.17, 15) is 18.0 Å². The second-order valence-corrected chi connectivity index (χ2v) is 4.18. The molecule has 0 saturated heterocycles. The molecule has 8 heteroatoms. The number of alkyl halides is 3. The van der Waals surface area contributed by atoms with E-state index in [1.807, 2.05) is 0 Å². The van der Waals surface area contributed by atoms with E-state index in [-0.39, 0.29) is 5.56 Å². The largest absolute Gasteiger partial charge is 0.573 e. The topological polar surface area (TPSA) is 61.5 Å². The van der Waals surface area contributed by atoms with Crippen LogP contribution in [0.1, 0.15) is 11.6 Å². The van der Waals surface area contributed by atoms with Crippen LogP contribution in [-0.2, 0) is 9.53 Å². The third-order valence-corrected chi connectivity index (χ3v) is 2.40. The molecule has 0 aromatic heterocycles. The number of ether oxygens (including phenoxy) is 2. The molecule has 1 aromatic carbocycles. The molecule has 4 nitrogen and oxygen atoms in total. The number of rotatable bonds is 3. The average Bonchev–Trinajstić information content (AvgIpc) is 2.23. The van der Waals surface area contributed by atoms with Gasteiger partial charge in [0.2, 0.25) is 0 Å². The molecule has 1 rings (SSSR count). The molecule has 0 radical (unpaired) electrons. The first-order valence-corrected chi connectivity index (χ1v) is 5.42. The van der Waals surface area contributed by atoms with Crippen molar-refractivity contribution in [3.05, 3.63) is 28.2 Å². The van der Waals surface area contributed by atoms with Crippen LogP contribution in [-0.4, -0.2) is 19.4 Å². The number of methoxy groups -OCH3 is 1. The Morgan fingerprint density at radius 1 is 1.39 bits per heavy atom. The van der Waals surface area contributed by atoms with E-state index in [4.69, 9.17) is 5.73 Å². The molecule has 0 bridgehead atoms. The Morgan fingerprint density at radius 2 is 2.00 bits per heavy atom. The summed E-state index contributed by atoms with van der Waals surface area (Å²) in [4.78, 5) is 11.2. The number of carbonyl (C=O) groups excluding carboxylic acids is 1. The first-order chi connectivity index (χ1) is 8.23. The molecule has 0 amide bonds. The van der Waals surface area contributed by atoms with Gasteiger partial charge in [0, 0.05) is 4.47 Å². The van der Waals surface area contributed by atoms with Gasteiger partial charge in [0.25, 0.3) is 0 Å². The van der Waals surface area contributed by atoms with Crippen LogP contribution < -0.4 is 10.5 Å². The first-order valence-electron chi connectivity index (χ1n) is 4.62. The highest BCUT2D eigenvalue weighted by Gasteiger charge is 2.31. The van der Waals surface area contributed by atoms with Gasteiger partial charge in [-0.05, 0) is 23.8 Å². The number of hydrogen-bond acceptors (Lipinski definition) is 4. The fourth-order valence-electron chi connectivity index (χ4n) is 1.22. The van der Waals surface area contributed by atoms with Gasteiger partial charge >= 0.3 is 12.3 Å². The average molecular weight is 328 g/mol. The predicted molar refractivity (Wildman–Crippen MR) is 59.8 cm³/mol. The number of nitrogens with two attached hydrogens (primary N) is 1. The Morgan fingerprint density at radius 3 is 2.50 bits per heavy atom. The van der Waals surface area contributed by atoms with Gasteiger partial charge in [-0.3, -0.25) is 4.79 Å². The lowest BCUT2D eigenvalue weighted by Crippen LogP contribution is -2.23. The highest BCUT2D eigenvalue weighted by molar-refractivity contribution is 9.10. The molecule has 100 valence electrons. The molecule has 0 fully saturated rings. The molecule has 1 aromatic rings. The lowest BCUT2D eigenvalue weighted by molar-refractivity contribution is -0.274. The molecule has 0 aliphatic rings. The monoisotopic (exact) mass is 327 g/mol. The Labute approximate surface area is 109 Å². The van der Waals surface area contributed by atoms with Crippen molar-refractivity contribution in [1.29, 1.82) is 0 Å². The molecule has 0 spiro atoms. The summed E-state index contributed by atoms with van der Waals surface area (Å²) in [7, 11) is 1.13. The third kappa shape index (κ3) is 4.19. The van der Waals surface area contributed by atoms with Gasteiger partial charge in [0.15, 0.2) is 0 Å². The van der Waals surface area contributed by atoms with E-state index in [2.05, 4.69) is 25.4 Å². The highest BCUT2D eigenvalue weighted by Crippen LogP contribution is 2.29. The Balaban J connectivity index is 3.04. The molecule has 0 unspecified atom stereocenters. The maximum Gasteiger partial charge on any atom is 0.573 e. The van der Waals surface area contributed by atoms with E-state index in [0.29, 0.717) is 4.47 Å². The summed E-state index contributed by atoms with van der Waals surface area (Å²) in [5, 5.41) is 0. The smallest absolute Gasteiger partial charge is 0.468 e. The van der Waals surface area contributed by atoms with Crippen LogP contribution in [0, 0.1) is 0 Å². The Kier molecular flexibility index (Phi) is 4.58. The van der Waals surface area contributed by atoms with Crippen molar-refractivity contribution < 1.29 is 27.4 Å². The van der Waals surface area contributed by atoms with E-state index in [1.54, 1.807) is 0 Å². The number of halogens is 4. The summed E-state index contributed by atoms with van der Waals surface area (Å²) < 4.78 is 44.7. The van der Waals surface area contributed by atoms with Gasteiger partial charge in [-0.2, -0.15) is 0 Å². The number of carbonyl (C=O) groups is 1. The molecule has 1 atom stereocenters. The molecule has 0 aliphatic carbocycles. The summed E-state index contributed by atoms with van der Waals surface area (Å²) in [6.07, 6.45) is -4.81. The fourth-order valence-corrected chi connectivity index (χ4v) is 1.71. The van der Waals surface area contributed by atoms with Crippen molar-refractivity contribution in [3.63, 3.8) is 0 Å². The molecular weight excluding hydrogens is 319 g/mol. The summed E-state index contributed by atoms with van der Waals surface area (Å²) in [6, 6.07) is 2.37. The van der Waals surface area contributed by atoms with Gasteiger partial charge in [0.05, 0.1) is 7.11 Å². The van der Waals surface area contributed by atoms with Crippen LogP contribution in [0.2, 0.25) is 0 Å². The zero-order valence-electron chi connectivity index (χ0n) is 9.12. The van der Waals surface area contributed by atoms with Crippen LogP contribution in [0.5, 0.6) is 5.75 Å². The van der Waals surface area contributed by atoms with E-state index in [0.717, 1.165) is 19.2 Å². The molecule has 18 heavy (non-hydrogen) atoms. The SMILES string of the molecule is COC(=O)[C@@H](N)c1cc(Br)cc(OC(F)(F)F)c1. The lowest BCUT2D eigenvalue weighted by atomic mass is 10.1. The summed E-state index contributed by atoms with van der Waals surface area (Å²) in [5.74, 6) is -1.22. The molecule has 0 saturated carbocycles. The zero-order valence-corrected chi connectivity index (χ0v) is 10.7. The minimum absolute atomic E-state index is 0.149. The molecule has 0 aliphatic heterocycles. The lowest BCUT2D eigenvalue weighted by Gasteiger charge is -2.13. The van der Waals surface area contributed by atoms with Crippen LogP contribution >= 0.6 is 15.9 Å². The van der Waals surface area contributed by atoms with Gasteiger partial charge in [-0.1, -0.05) is 15.9 Å². The summed E-state index contributed by atoms with van der Waals surface area (Å²) in [5.41, 5.74) is 5.67. The van der Waals surface area contributed by atoms with Crippen molar-refractivity contribution in [2.24, 2.45) is 5.73 Å². The number of hydrogen-bond donors (Lipinski definition) is 1. The van der Waals surface area contributed by atoms with Gasteiger partial charge < -0.3 is 15.2 Å².